The molecule has 1 aliphatic rings. The Morgan fingerprint density at radius 1 is 1.59 bits per heavy atom. The Balaban J connectivity index is 1.73. The van der Waals surface area contributed by atoms with Crippen LogP contribution in [0.4, 0.5) is 0 Å². The molecule has 0 atom stereocenters. The maximum absolute atomic E-state index is 11.4. The van der Waals surface area contributed by atoms with Gasteiger partial charge in [-0.1, -0.05) is 11.8 Å². The Labute approximate surface area is 104 Å². The molecule has 94 valence electrons. The summed E-state index contributed by atoms with van der Waals surface area (Å²) in [6, 6.07) is 0.436. The number of hydrogen-bond acceptors (Lipinski definition) is 5. The van der Waals surface area contributed by atoms with Gasteiger partial charge in [0.1, 0.15) is 5.82 Å². The van der Waals surface area contributed by atoms with Crippen molar-refractivity contribution in [2.45, 2.75) is 37.0 Å². The van der Waals surface area contributed by atoms with Crippen molar-refractivity contribution in [2.24, 2.45) is 12.8 Å². The van der Waals surface area contributed by atoms with Crippen molar-refractivity contribution in [3.63, 3.8) is 0 Å². The molecule has 1 aliphatic carbocycles. The van der Waals surface area contributed by atoms with Crippen molar-refractivity contribution in [1.29, 1.82) is 0 Å². The minimum Gasteiger partial charge on any atom is -0.353 e. The summed E-state index contributed by atoms with van der Waals surface area (Å²) in [4.78, 5) is 11.4. The molecule has 0 unspecified atom stereocenters. The maximum Gasteiger partial charge on any atom is 0.221 e. The van der Waals surface area contributed by atoms with E-state index >= 15 is 0 Å². The Morgan fingerprint density at radius 2 is 2.35 bits per heavy atom. The summed E-state index contributed by atoms with van der Waals surface area (Å²) >= 11 is 1.53. The van der Waals surface area contributed by atoms with E-state index in [-0.39, 0.29) is 5.91 Å². The number of carbonyl (C=O) groups is 1. The van der Waals surface area contributed by atoms with Crippen molar-refractivity contribution in [1.82, 2.24) is 20.1 Å². The van der Waals surface area contributed by atoms with Gasteiger partial charge in [0.05, 0.1) is 6.54 Å². The van der Waals surface area contributed by atoms with E-state index in [2.05, 4.69) is 15.5 Å². The predicted octanol–water partition coefficient (Wildman–Crippen LogP) is 0.0346. The van der Waals surface area contributed by atoms with Crippen LogP contribution in [-0.2, 0) is 18.4 Å². The Morgan fingerprint density at radius 3 is 2.94 bits per heavy atom. The highest BCUT2D eigenvalue weighted by molar-refractivity contribution is 7.99. The lowest BCUT2D eigenvalue weighted by Crippen LogP contribution is -2.25. The van der Waals surface area contributed by atoms with E-state index in [0.717, 1.165) is 29.6 Å². The number of nitrogens with one attached hydrogen (secondary N) is 1. The fraction of sp³-hybridized carbons (Fsp3) is 0.700. The first kappa shape index (κ1) is 12.4. The van der Waals surface area contributed by atoms with Gasteiger partial charge in [-0.2, -0.15) is 0 Å². The van der Waals surface area contributed by atoms with E-state index in [9.17, 15) is 4.79 Å². The van der Waals surface area contributed by atoms with Crippen molar-refractivity contribution in [3.05, 3.63) is 5.82 Å². The normalized spacial score (nSPS) is 14.9. The number of thioether (sulfide) groups is 1. The highest BCUT2D eigenvalue weighted by atomic mass is 32.2. The molecule has 7 heteroatoms. The van der Waals surface area contributed by atoms with Gasteiger partial charge in [0.2, 0.25) is 5.91 Å². The van der Waals surface area contributed by atoms with Crippen molar-refractivity contribution in [3.8, 4) is 0 Å². The van der Waals surface area contributed by atoms with Crippen molar-refractivity contribution >= 4 is 17.7 Å². The van der Waals surface area contributed by atoms with Gasteiger partial charge in [-0.15, -0.1) is 10.2 Å². The van der Waals surface area contributed by atoms with E-state index in [1.54, 1.807) is 0 Å². The van der Waals surface area contributed by atoms with E-state index in [0.29, 0.717) is 19.0 Å². The lowest BCUT2D eigenvalue weighted by molar-refractivity contribution is -0.120. The summed E-state index contributed by atoms with van der Waals surface area (Å²) in [6.45, 7) is 0.381. The first-order chi connectivity index (χ1) is 8.20. The topological polar surface area (TPSA) is 85.8 Å². The van der Waals surface area contributed by atoms with E-state index < -0.39 is 0 Å². The fourth-order valence-corrected chi connectivity index (χ4v) is 2.28. The quantitative estimate of drug-likeness (QED) is 0.701. The van der Waals surface area contributed by atoms with Crippen LogP contribution in [0.3, 0.4) is 0 Å². The molecule has 1 aromatic rings. The lowest BCUT2D eigenvalue weighted by Gasteiger charge is -2.03. The predicted molar refractivity (Wildman–Crippen MR) is 65.4 cm³/mol. The largest absolute Gasteiger partial charge is 0.353 e. The SMILES string of the molecule is Cn1c(CN)nnc1SCCC(=O)NC1CC1. The van der Waals surface area contributed by atoms with Gasteiger partial charge in [0.15, 0.2) is 5.16 Å². The van der Waals surface area contributed by atoms with Crippen LogP contribution in [0.1, 0.15) is 25.1 Å². The zero-order valence-electron chi connectivity index (χ0n) is 9.85. The number of aromatic nitrogens is 3. The molecule has 1 heterocycles. The first-order valence-corrected chi connectivity index (χ1v) is 6.69. The van der Waals surface area contributed by atoms with Gasteiger partial charge in [-0.3, -0.25) is 4.79 Å². The first-order valence-electron chi connectivity index (χ1n) is 5.71. The zero-order valence-corrected chi connectivity index (χ0v) is 10.7. The molecule has 1 aromatic heterocycles. The molecule has 0 spiro atoms. The van der Waals surface area contributed by atoms with Gasteiger partial charge in [0.25, 0.3) is 0 Å². The summed E-state index contributed by atoms with van der Waals surface area (Å²) in [7, 11) is 1.88. The summed E-state index contributed by atoms with van der Waals surface area (Å²) in [5, 5.41) is 11.7. The zero-order chi connectivity index (χ0) is 12.3. The molecule has 0 radical (unpaired) electrons. The maximum atomic E-state index is 11.4. The highest BCUT2D eigenvalue weighted by Gasteiger charge is 2.22. The molecule has 1 amide bonds. The number of nitrogens with two attached hydrogens (primary N) is 1. The van der Waals surface area contributed by atoms with Gasteiger partial charge >= 0.3 is 0 Å². The van der Waals surface area contributed by atoms with Gasteiger partial charge in [-0.05, 0) is 12.8 Å². The number of carbonyl (C=O) groups excluding carboxylic acids is 1. The Kier molecular flexibility index (Phi) is 4.01. The molecule has 17 heavy (non-hydrogen) atoms. The van der Waals surface area contributed by atoms with Gasteiger partial charge < -0.3 is 15.6 Å². The van der Waals surface area contributed by atoms with Crippen LogP contribution in [0.5, 0.6) is 0 Å². The summed E-state index contributed by atoms with van der Waals surface area (Å²) in [5.74, 6) is 1.60. The number of rotatable bonds is 6. The van der Waals surface area contributed by atoms with Crippen LogP contribution < -0.4 is 11.1 Å². The van der Waals surface area contributed by atoms with Crippen LogP contribution in [-0.4, -0.2) is 32.5 Å². The average molecular weight is 255 g/mol. The molecule has 0 bridgehead atoms. The van der Waals surface area contributed by atoms with Crippen molar-refractivity contribution < 1.29 is 4.79 Å². The fourth-order valence-electron chi connectivity index (χ4n) is 1.41. The standard InChI is InChI=1S/C10H17N5OS/c1-15-8(6-11)13-14-10(15)17-5-4-9(16)12-7-2-3-7/h7H,2-6,11H2,1H3,(H,12,16). The molecular formula is C10H17N5OS. The minimum absolute atomic E-state index is 0.126. The van der Waals surface area contributed by atoms with Crippen LogP contribution in [0, 0.1) is 0 Å². The average Bonchev–Trinajstić information content (AvgIpc) is 3.04. The summed E-state index contributed by atoms with van der Waals surface area (Å²) in [5.41, 5.74) is 5.51. The Hall–Kier alpha value is -1.08. The number of amides is 1. The smallest absolute Gasteiger partial charge is 0.221 e. The third-order valence-electron chi connectivity index (χ3n) is 2.61. The van der Waals surface area contributed by atoms with Crippen LogP contribution >= 0.6 is 11.8 Å². The molecular weight excluding hydrogens is 238 g/mol. The third kappa shape index (κ3) is 3.44. The van der Waals surface area contributed by atoms with E-state index in [4.69, 9.17) is 5.73 Å². The monoisotopic (exact) mass is 255 g/mol. The van der Waals surface area contributed by atoms with Crippen LogP contribution in [0.2, 0.25) is 0 Å². The van der Waals surface area contributed by atoms with Gasteiger partial charge in [0, 0.05) is 25.3 Å². The second-order valence-electron chi connectivity index (χ2n) is 4.10. The highest BCUT2D eigenvalue weighted by Crippen LogP contribution is 2.20. The summed E-state index contributed by atoms with van der Waals surface area (Å²) < 4.78 is 1.86. The molecule has 1 saturated carbocycles. The molecule has 0 aromatic carbocycles. The third-order valence-corrected chi connectivity index (χ3v) is 3.63. The Bertz CT molecular complexity index is 401. The second-order valence-corrected chi connectivity index (χ2v) is 5.16. The van der Waals surface area contributed by atoms with E-state index in [1.807, 2.05) is 11.6 Å². The minimum atomic E-state index is 0.126. The molecule has 0 saturated heterocycles. The summed E-state index contributed by atoms with van der Waals surface area (Å²) in [6.07, 6.45) is 2.77. The van der Waals surface area contributed by atoms with Crippen LogP contribution in [0.25, 0.3) is 0 Å². The van der Waals surface area contributed by atoms with Crippen molar-refractivity contribution in [2.75, 3.05) is 5.75 Å². The molecule has 0 aliphatic heterocycles. The molecule has 3 N–H and O–H groups in total. The van der Waals surface area contributed by atoms with Crippen LogP contribution in [0.15, 0.2) is 5.16 Å². The number of nitrogens with zero attached hydrogens (tertiary/aromatic N) is 3. The van der Waals surface area contributed by atoms with Gasteiger partial charge in [-0.25, -0.2) is 0 Å². The second kappa shape index (κ2) is 5.50. The lowest BCUT2D eigenvalue weighted by atomic mass is 10.4. The number of hydrogen-bond donors (Lipinski definition) is 2. The molecule has 1 fully saturated rings. The van der Waals surface area contributed by atoms with E-state index in [1.165, 1.54) is 11.8 Å². The molecule has 2 rings (SSSR count). The molecule has 6 nitrogen and oxygen atoms in total.